The quantitative estimate of drug-likeness (QED) is 0.884. The number of hydrogen-bond acceptors (Lipinski definition) is 6. The molecular formula is C12H14ClN7O. The van der Waals surface area contributed by atoms with Crippen LogP contribution in [0.5, 0.6) is 0 Å². The Morgan fingerprint density at radius 3 is 2.90 bits per heavy atom. The van der Waals surface area contributed by atoms with Crippen molar-refractivity contribution in [3.63, 3.8) is 0 Å². The van der Waals surface area contributed by atoms with Gasteiger partial charge in [-0.2, -0.15) is 20.1 Å². The van der Waals surface area contributed by atoms with Crippen LogP contribution in [0.25, 0.3) is 5.95 Å². The van der Waals surface area contributed by atoms with Crippen molar-refractivity contribution in [2.24, 2.45) is 0 Å². The topological polar surface area (TPSA) is 88.8 Å². The second-order valence-electron chi connectivity index (χ2n) is 4.79. The highest BCUT2D eigenvalue weighted by molar-refractivity contribution is 6.28. The number of nitrogens with zero attached hydrogens (tertiary/aromatic N) is 6. The van der Waals surface area contributed by atoms with Crippen LogP contribution in [-0.2, 0) is 4.79 Å². The van der Waals surface area contributed by atoms with Crippen LogP contribution in [0.2, 0.25) is 5.28 Å². The minimum atomic E-state index is -0.0345. The van der Waals surface area contributed by atoms with Crippen molar-refractivity contribution in [3.05, 3.63) is 23.7 Å². The second kappa shape index (κ2) is 5.65. The lowest BCUT2D eigenvalue weighted by Crippen LogP contribution is -2.36. The summed E-state index contributed by atoms with van der Waals surface area (Å²) in [5.41, 5.74) is 0. The van der Waals surface area contributed by atoms with E-state index in [1.807, 2.05) is 4.90 Å². The van der Waals surface area contributed by atoms with E-state index in [9.17, 15) is 4.79 Å². The van der Waals surface area contributed by atoms with E-state index in [1.54, 1.807) is 18.5 Å². The summed E-state index contributed by atoms with van der Waals surface area (Å²) in [6.45, 7) is 2.92. The molecule has 1 aliphatic heterocycles. The third-order valence-corrected chi connectivity index (χ3v) is 3.34. The number of anilines is 1. The molecule has 1 N–H and O–H groups in total. The van der Waals surface area contributed by atoms with Crippen molar-refractivity contribution in [3.8, 4) is 5.95 Å². The van der Waals surface area contributed by atoms with Crippen molar-refractivity contribution in [2.75, 3.05) is 18.0 Å². The molecule has 1 saturated heterocycles. The summed E-state index contributed by atoms with van der Waals surface area (Å²) < 4.78 is 1.53. The molecule has 0 saturated carbocycles. The Balaban J connectivity index is 1.81. The van der Waals surface area contributed by atoms with E-state index >= 15 is 0 Å². The summed E-state index contributed by atoms with van der Waals surface area (Å²) in [7, 11) is 0. The molecule has 2 aromatic rings. The lowest BCUT2D eigenvalue weighted by Gasteiger charge is -2.17. The first-order valence-electron chi connectivity index (χ1n) is 6.55. The van der Waals surface area contributed by atoms with Crippen molar-refractivity contribution >= 4 is 23.5 Å². The Bertz CT molecular complexity index is 645. The zero-order valence-electron chi connectivity index (χ0n) is 11.4. The molecule has 1 amide bonds. The molecule has 0 aliphatic carbocycles. The highest BCUT2D eigenvalue weighted by Gasteiger charge is 2.25. The fourth-order valence-corrected chi connectivity index (χ4v) is 2.46. The number of hydrogen-bond donors (Lipinski definition) is 1. The maximum atomic E-state index is 11.1. The van der Waals surface area contributed by atoms with Crippen molar-refractivity contribution in [2.45, 2.75) is 19.4 Å². The fourth-order valence-electron chi connectivity index (χ4n) is 2.31. The van der Waals surface area contributed by atoms with Crippen molar-refractivity contribution in [1.82, 2.24) is 30.0 Å². The molecule has 1 fully saturated rings. The molecular weight excluding hydrogens is 294 g/mol. The third-order valence-electron chi connectivity index (χ3n) is 3.17. The van der Waals surface area contributed by atoms with E-state index in [4.69, 9.17) is 11.6 Å². The van der Waals surface area contributed by atoms with Crippen LogP contribution < -0.4 is 10.2 Å². The molecule has 1 atom stereocenters. The average Bonchev–Trinajstić information content (AvgIpc) is 3.08. The van der Waals surface area contributed by atoms with Gasteiger partial charge in [0.05, 0.1) is 0 Å². The number of carbonyl (C=O) groups is 1. The summed E-state index contributed by atoms with van der Waals surface area (Å²) >= 11 is 5.97. The van der Waals surface area contributed by atoms with Gasteiger partial charge in [0.1, 0.15) is 0 Å². The zero-order valence-corrected chi connectivity index (χ0v) is 12.2. The number of nitrogens with one attached hydrogen (secondary N) is 1. The molecule has 8 nitrogen and oxygen atoms in total. The summed E-state index contributed by atoms with van der Waals surface area (Å²) in [5, 5.41) is 7.09. The maximum Gasteiger partial charge on any atom is 0.256 e. The monoisotopic (exact) mass is 307 g/mol. The van der Waals surface area contributed by atoms with E-state index in [1.165, 1.54) is 11.6 Å². The van der Waals surface area contributed by atoms with Crippen molar-refractivity contribution < 1.29 is 4.79 Å². The van der Waals surface area contributed by atoms with E-state index in [0.717, 1.165) is 13.0 Å². The number of amides is 1. The van der Waals surface area contributed by atoms with E-state index in [0.29, 0.717) is 18.4 Å². The van der Waals surface area contributed by atoms with Gasteiger partial charge in [-0.3, -0.25) is 4.79 Å². The van der Waals surface area contributed by atoms with Crippen molar-refractivity contribution in [1.29, 1.82) is 0 Å². The van der Waals surface area contributed by atoms with Gasteiger partial charge in [-0.1, -0.05) is 0 Å². The molecule has 0 radical (unpaired) electrons. The van der Waals surface area contributed by atoms with Gasteiger partial charge in [-0.05, 0) is 24.1 Å². The van der Waals surface area contributed by atoms with Gasteiger partial charge in [0.15, 0.2) is 0 Å². The highest BCUT2D eigenvalue weighted by Crippen LogP contribution is 2.18. The minimum Gasteiger partial charge on any atom is -0.352 e. The number of rotatable bonds is 3. The van der Waals surface area contributed by atoms with E-state index in [-0.39, 0.29) is 17.2 Å². The van der Waals surface area contributed by atoms with Crippen LogP contribution >= 0.6 is 11.6 Å². The normalized spacial score (nSPS) is 18.0. The smallest absolute Gasteiger partial charge is 0.256 e. The van der Waals surface area contributed by atoms with Crippen LogP contribution in [0.3, 0.4) is 0 Å². The maximum absolute atomic E-state index is 11.1. The minimum absolute atomic E-state index is 0.0345. The van der Waals surface area contributed by atoms with Gasteiger partial charge in [0, 0.05) is 38.4 Å². The molecule has 0 aromatic carbocycles. The molecule has 9 heteroatoms. The molecule has 21 heavy (non-hydrogen) atoms. The van der Waals surface area contributed by atoms with Gasteiger partial charge < -0.3 is 10.2 Å². The lowest BCUT2D eigenvalue weighted by atomic mass is 10.3. The van der Waals surface area contributed by atoms with Gasteiger partial charge in [-0.25, -0.2) is 4.68 Å². The van der Waals surface area contributed by atoms with Gasteiger partial charge in [-0.15, -0.1) is 0 Å². The summed E-state index contributed by atoms with van der Waals surface area (Å²) in [5.74, 6) is 0.832. The predicted molar refractivity (Wildman–Crippen MR) is 76.4 cm³/mol. The lowest BCUT2D eigenvalue weighted by molar-refractivity contribution is -0.119. The first kappa shape index (κ1) is 13.7. The highest BCUT2D eigenvalue weighted by atomic mass is 35.5. The Kier molecular flexibility index (Phi) is 3.70. The van der Waals surface area contributed by atoms with E-state index < -0.39 is 0 Å². The van der Waals surface area contributed by atoms with Gasteiger partial charge >= 0.3 is 0 Å². The average molecular weight is 308 g/mol. The third kappa shape index (κ3) is 3.10. The summed E-state index contributed by atoms with van der Waals surface area (Å²) in [4.78, 5) is 25.7. The predicted octanol–water partition coefficient (Wildman–Crippen LogP) is 0.425. The van der Waals surface area contributed by atoms with Gasteiger partial charge in [0.2, 0.25) is 17.1 Å². The first-order chi connectivity index (χ1) is 10.1. The Hall–Kier alpha value is -2.22. The number of carbonyl (C=O) groups excluding carboxylic acids is 1. The zero-order chi connectivity index (χ0) is 14.8. The van der Waals surface area contributed by atoms with Gasteiger partial charge in [0.25, 0.3) is 5.95 Å². The summed E-state index contributed by atoms with van der Waals surface area (Å²) in [6, 6.07) is 1.88. The second-order valence-corrected chi connectivity index (χ2v) is 5.13. The fraction of sp³-hybridized carbons (Fsp3) is 0.417. The number of halogens is 1. The largest absolute Gasteiger partial charge is 0.352 e. The Morgan fingerprint density at radius 1 is 1.38 bits per heavy atom. The molecule has 1 aliphatic rings. The van der Waals surface area contributed by atoms with Crippen LogP contribution in [-0.4, -0.2) is 49.8 Å². The Labute approximate surface area is 126 Å². The molecule has 110 valence electrons. The molecule has 1 unspecified atom stereocenters. The van der Waals surface area contributed by atoms with Crippen LogP contribution in [0.15, 0.2) is 18.5 Å². The first-order valence-corrected chi connectivity index (χ1v) is 6.93. The van der Waals surface area contributed by atoms with Crippen LogP contribution in [0.4, 0.5) is 5.95 Å². The van der Waals surface area contributed by atoms with E-state index in [2.05, 4.69) is 25.4 Å². The standard InChI is InChI=1S/C12H14ClN7O/c1-8(21)15-9-3-6-19(7-9)11-16-10(13)17-12(18-11)20-5-2-4-14-20/h2,4-5,9H,3,6-7H2,1H3,(H,15,21). The van der Waals surface area contributed by atoms with Crippen LogP contribution in [0, 0.1) is 0 Å². The van der Waals surface area contributed by atoms with Crippen LogP contribution in [0.1, 0.15) is 13.3 Å². The number of aromatic nitrogens is 5. The SMILES string of the molecule is CC(=O)NC1CCN(c2nc(Cl)nc(-n3cccn3)n2)C1. The molecule has 3 heterocycles. The summed E-state index contributed by atoms with van der Waals surface area (Å²) in [6.07, 6.45) is 4.22. The molecule has 3 rings (SSSR count). The molecule has 0 spiro atoms. The molecule has 2 aromatic heterocycles. The molecule has 0 bridgehead atoms. The Morgan fingerprint density at radius 2 is 2.19 bits per heavy atom.